The minimum Gasteiger partial charge on any atom is -0.315 e. The van der Waals surface area contributed by atoms with Gasteiger partial charge in [0.15, 0.2) is 0 Å². The summed E-state index contributed by atoms with van der Waals surface area (Å²) in [7, 11) is 1.98. The molecule has 0 saturated heterocycles. The lowest BCUT2D eigenvalue weighted by atomic mass is 9.86. The Morgan fingerprint density at radius 2 is 2.14 bits per heavy atom. The van der Waals surface area contributed by atoms with Gasteiger partial charge in [0, 0.05) is 12.5 Å². The highest BCUT2D eigenvalue weighted by atomic mass is 32.1. The van der Waals surface area contributed by atoms with Gasteiger partial charge in [-0.1, -0.05) is 23.8 Å². The summed E-state index contributed by atoms with van der Waals surface area (Å²) in [5.74, 6) is 0.686. The maximum Gasteiger partial charge on any atom is 0.0831 e. The summed E-state index contributed by atoms with van der Waals surface area (Å²) in [5.41, 5.74) is 1.27. The minimum atomic E-state index is 0.686. The van der Waals surface area contributed by atoms with E-state index in [2.05, 4.69) is 14.9 Å². The fraction of sp³-hybridized carbons (Fsp3) is 0.800. The highest BCUT2D eigenvalue weighted by molar-refractivity contribution is 7.05. The van der Waals surface area contributed by atoms with E-state index in [1.54, 1.807) is 11.5 Å². The molecule has 3 nitrogen and oxygen atoms in total. The van der Waals surface area contributed by atoms with Crippen LogP contribution in [0.2, 0.25) is 0 Å². The van der Waals surface area contributed by atoms with Crippen LogP contribution in [0.3, 0.4) is 0 Å². The van der Waals surface area contributed by atoms with Crippen molar-refractivity contribution in [3.05, 3.63) is 10.6 Å². The Morgan fingerprint density at radius 3 is 2.86 bits per heavy atom. The molecule has 1 saturated carbocycles. The molecule has 0 bridgehead atoms. The first-order chi connectivity index (χ1) is 6.92. The van der Waals surface area contributed by atoms with Crippen LogP contribution in [0.25, 0.3) is 0 Å². The number of hydrogen-bond donors (Lipinski definition) is 1. The molecule has 1 aromatic rings. The second-order valence-corrected chi connectivity index (χ2v) is 4.79. The maximum atomic E-state index is 4.29. The average molecular weight is 211 g/mol. The van der Waals surface area contributed by atoms with E-state index in [4.69, 9.17) is 0 Å². The SMILES string of the molecule is CNCc1snnc1C1CCCCC1. The topological polar surface area (TPSA) is 37.8 Å². The molecule has 1 N–H and O–H groups in total. The monoisotopic (exact) mass is 211 g/mol. The summed E-state index contributed by atoms with van der Waals surface area (Å²) < 4.78 is 4.07. The predicted molar refractivity (Wildman–Crippen MR) is 58.5 cm³/mol. The number of nitrogens with one attached hydrogen (secondary N) is 1. The maximum absolute atomic E-state index is 4.29. The molecular weight excluding hydrogens is 194 g/mol. The molecule has 0 amide bonds. The van der Waals surface area contributed by atoms with Gasteiger partial charge in [0.05, 0.1) is 10.6 Å². The van der Waals surface area contributed by atoms with Gasteiger partial charge in [-0.3, -0.25) is 0 Å². The molecule has 0 aromatic carbocycles. The van der Waals surface area contributed by atoms with Crippen LogP contribution in [0.15, 0.2) is 0 Å². The van der Waals surface area contributed by atoms with Crippen molar-refractivity contribution in [1.82, 2.24) is 14.9 Å². The van der Waals surface area contributed by atoms with Crippen LogP contribution in [0.4, 0.5) is 0 Å². The summed E-state index contributed by atoms with van der Waals surface area (Å²) in [5, 5.41) is 7.47. The van der Waals surface area contributed by atoms with Crippen molar-refractivity contribution in [3.63, 3.8) is 0 Å². The zero-order valence-corrected chi connectivity index (χ0v) is 9.44. The Kier molecular flexibility index (Phi) is 3.48. The van der Waals surface area contributed by atoms with Crippen molar-refractivity contribution in [1.29, 1.82) is 0 Å². The quantitative estimate of drug-likeness (QED) is 0.833. The summed E-state index contributed by atoms with van der Waals surface area (Å²) in [6.45, 7) is 0.920. The number of nitrogens with zero attached hydrogens (tertiary/aromatic N) is 2. The van der Waals surface area contributed by atoms with Gasteiger partial charge in [-0.05, 0) is 31.4 Å². The van der Waals surface area contributed by atoms with Crippen LogP contribution in [-0.4, -0.2) is 16.6 Å². The third kappa shape index (κ3) is 2.12. The minimum absolute atomic E-state index is 0.686. The summed E-state index contributed by atoms with van der Waals surface area (Å²) in [6.07, 6.45) is 6.74. The Hall–Kier alpha value is -0.480. The van der Waals surface area contributed by atoms with Gasteiger partial charge in [-0.15, -0.1) is 5.10 Å². The van der Waals surface area contributed by atoms with E-state index in [1.807, 2.05) is 7.05 Å². The molecule has 1 fully saturated rings. The van der Waals surface area contributed by atoms with E-state index >= 15 is 0 Å². The zero-order chi connectivity index (χ0) is 9.80. The first-order valence-electron chi connectivity index (χ1n) is 5.37. The van der Waals surface area contributed by atoms with E-state index in [1.165, 1.54) is 42.7 Å². The normalized spacial score (nSPS) is 18.6. The molecule has 1 aliphatic carbocycles. The van der Waals surface area contributed by atoms with E-state index in [9.17, 15) is 0 Å². The third-order valence-electron chi connectivity index (χ3n) is 2.91. The van der Waals surface area contributed by atoms with Crippen LogP contribution < -0.4 is 5.32 Å². The Balaban J connectivity index is 2.09. The van der Waals surface area contributed by atoms with Crippen molar-refractivity contribution in [2.24, 2.45) is 0 Å². The molecule has 14 heavy (non-hydrogen) atoms. The van der Waals surface area contributed by atoms with Gasteiger partial charge < -0.3 is 5.32 Å². The third-order valence-corrected chi connectivity index (χ3v) is 3.65. The first-order valence-corrected chi connectivity index (χ1v) is 6.15. The Morgan fingerprint density at radius 1 is 1.36 bits per heavy atom. The molecule has 0 radical (unpaired) electrons. The highest BCUT2D eigenvalue weighted by Crippen LogP contribution is 2.33. The zero-order valence-electron chi connectivity index (χ0n) is 8.62. The molecule has 0 unspecified atom stereocenters. The van der Waals surface area contributed by atoms with E-state index in [0.29, 0.717) is 5.92 Å². The van der Waals surface area contributed by atoms with Crippen molar-refractivity contribution in [3.8, 4) is 0 Å². The average Bonchev–Trinajstić information content (AvgIpc) is 2.68. The fourth-order valence-electron chi connectivity index (χ4n) is 2.18. The highest BCUT2D eigenvalue weighted by Gasteiger charge is 2.21. The van der Waals surface area contributed by atoms with E-state index in [-0.39, 0.29) is 0 Å². The molecule has 0 atom stereocenters. The van der Waals surface area contributed by atoms with Crippen LogP contribution in [0.1, 0.15) is 48.6 Å². The summed E-state index contributed by atoms with van der Waals surface area (Å²) >= 11 is 1.54. The van der Waals surface area contributed by atoms with Crippen molar-refractivity contribution in [2.45, 2.75) is 44.6 Å². The largest absolute Gasteiger partial charge is 0.315 e. The van der Waals surface area contributed by atoms with Gasteiger partial charge in [0.1, 0.15) is 0 Å². The van der Waals surface area contributed by atoms with E-state index in [0.717, 1.165) is 6.54 Å². The molecule has 1 aliphatic rings. The number of rotatable bonds is 3. The Bertz CT molecular complexity index is 279. The molecule has 1 heterocycles. The Labute approximate surface area is 89.1 Å². The second-order valence-electron chi connectivity index (χ2n) is 3.95. The fourth-order valence-corrected chi connectivity index (χ4v) is 2.92. The van der Waals surface area contributed by atoms with Crippen molar-refractivity contribution in [2.75, 3.05) is 7.05 Å². The van der Waals surface area contributed by atoms with Crippen molar-refractivity contribution < 1.29 is 0 Å². The second kappa shape index (κ2) is 4.84. The molecule has 1 aromatic heterocycles. The van der Waals surface area contributed by atoms with Crippen LogP contribution in [-0.2, 0) is 6.54 Å². The van der Waals surface area contributed by atoms with Gasteiger partial charge in [-0.25, -0.2) is 0 Å². The van der Waals surface area contributed by atoms with Crippen LogP contribution >= 0.6 is 11.5 Å². The molecule has 78 valence electrons. The summed E-state index contributed by atoms with van der Waals surface area (Å²) in [6, 6.07) is 0. The molecule has 2 rings (SSSR count). The van der Waals surface area contributed by atoms with Crippen molar-refractivity contribution >= 4 is 11.5 Å². The molecular formula is C10H17N3S. The van der Waals surface area contributed by atoms with Crippen LogP contribution in [0, 0.1) is 0 Å². The lowest BCUT2D eigenvalue weighted by molar-refractivity contribution is 0.434. The first kappa shape index (κ1) is 10.1. The standard InChI is InChI=1S/C10H17N3S/c1-11-7-9-10(12-13-14-9)8-5-3-2-4-6-8/h8,11H,2-7H2,1H3. The van der Waals surface area contributed by atoms with Gasteiger partial charge in [0.2, 0.25) is 0 Å². The molecule has 0 spiro atoms. The lowest BCUT2D eigenvalue weighted by Crippen LogP contribution is -2.11. The lowest BCUT2D eigenvalue weighted by Gasteiger charge is -2.20. The predicted octanol–water partition coefficient (Wildman–Crippen LogP) is 2.31. The van der Waals surface area contributed by atoms with E-state index < -0.39 is 0 Å². The number of hydrogen-bond acceptors (Lipinski definition) is 4. The van der Waals surface area contributed by atoms with Gasteiger partial charge >= 0.3 is 0 Å². The van der Waals surface area contributed by atoms with Crippen LogP contribution in [0.5, 0.6) is 0 Å². The summed E-state index contributed by atoms with van der Waals surface area (Å²) in [4.78, 5) is 1.33. The molecule has 4 heteroatoms. The molecule has 0 aliphatic heterocycles. The number of aromatic nitrogens is 2. The van der Waals surface area contributed by atoms with Gasteiger partial charge in [0.25, 0.3) is 0 Å². The van der Waals surface area contributed by atoms with Gasteiger partial charge in [-0.2, -0.15) is 0 Å². The smallest absolute Gasteiger partial charge is 0.0831 e.